The Hall–Kier alpha value is -2.25. The third kappa shape index (κ3) is 5.93. The van der Waals surface area contributed by atoms with Gasteiger partial charge in [-0.05, 0) is 34.7 Å². The van der Waals surface area contributed by atoms with Crippen LogP contribution in [0.1, 0.15) is 38.3 Å². The second kappa shape index (κ2) is 8.42. The van der Waals surface area contributed by atoms with Crippen molar-refractivity contribution in [3.05, 3.63) is 59.9 Å². The van der Waals surface area contributed by atoms with Gasteiger partial charge in [-0.15, -0.1) is 0 Å². The number of rotatable bonds is 7. The van der Waals surface area contributed by atoms with Crippen molar-refractivity contribution in [3.63, 3.8) is 0 Å². The number of benzene rings is 1. The molecule has 0 bridgehead atoms. The Kier molecular flexibility index (Phi) is 6.50. The average Bonchev–Trinajstić information content (AvgIpc) is 2.60. The first kappa shape index (κ1) is 20.1. The molecule has 1 aromatic heterocycles. The summed E-state index contributed by atoms with van der Waals surface area (Å²) in [4.78, 5) is 16.0. The van der Waals surface area contributed by atoms with Gasteiger partial charge in [-0.1, -0.05) is 39.0 Å². The van der Waals surface area contributed by atoms with E-state index in [9.17, 15) is 13.2 Å². The maximum absolute atomic E-state index is 12.3. The van der Waals surface area contributed by atoms with Gasteiger partial charge in [0.1, 0.15) is 0 Å². The predicted octanol–water partition coefficient (Wildman–Crippen LogP) is 2.36. The molecule has 0 saturated carbocycles. The second-order valence-corrected chi connectivity index (χ2v) is 8.83. The molecule has 0 radical (unpaired) electrons. The van der Waals surface area contributed by atoms with Gasteiger partial charge >= 0.3 is 0 Å². The number of hydrogen-bond donors (Lipinski definition) is 2. The van der Waals surface area contributed by atoms with Gasteiger partial charge in [0.2, 0.25) is 15.9 Å². The van der Waals surface area contributed by atoms with Crippen LogP contribution in [0, 0.1) is 0 Å². The molecule has 140 valence electrons. The smallest absolute Gasteiger partial charge is 0.240 e. The van der Waals surface area contributed by atoms with Crippen molar-refractivity contribution in [2.75, 3.05) is 6.54 Å². The standard InChI is InChI=1S/C19H25N3O3S/c1-19(2,3)16-6-8-17(9-7-16)26(24,25)22-12-10-18(23)21-14-15-5-4-11-20-13-15/h4-9,11,13,22H,10,12,14H2,1-3H3,(H,21,23). The van der Waals surface area contributed by atoms with Crippen LogP contribution >= 0.6 is 0 Å². The van der Waals surface area contributed by atoms with Crippen molar-refractivity contribution in [1.82, 2.24) is 15.0 Å². The molecule has 1 amide bonds. The molecule has 0 aliphatic heterocycles. The van der Waals surface area contributed by atoms with Crippen LogP contribution in [-0.4, -0.2) is 25.9 Å². The Morgan fingerprint density at radius 2 is 1.81 bits per heavy atom. The monoisotopic (exact) mass is 375 g/mol. The van der Waals surface area contributed by atoms with Crippen molar-refractivity contribution in [1.29, 1.82) is 0 Å². The summed E-state index contributed by atoms with van der Waals surface area (Å²) in [7, 11) is -3.63. The summed E-state index contributed by atoms with van der Waals surface area (Å²) < 4.78 is 27.1. The van der Waals surface area contributed by atoms with Gasteiger partial charge in [0.25, 0.3) is 0 Å². The lowest BCUT2D eigenvalue weighted by Crippen LogP contribution is -2.30. The van der Waals surface area contributed by atoms with Crippen LogP contribution in [0.2, 0.25) is 0 Å². The van der Waals surface area contributed by atoms with E-state index in [1.807, 2.05) is 18.2 Å². The molecular formula is C19H25N3O3S. The number of nitrogens with zero attached hydrogens (tertiary/aromatic N) is 1. The molecule has 26 heavy (non-hydrogen) atoms. The number of nitrogens with one attached hydrogen (secondary N) is 2. The minimum absolute atomic E-state index is 0.0396. The fourth-order valence-electron chi connectivity index (χ4n) is 2.31. The van der Waals surface area contributed by atoms with Crippen molar-refractivity contribution in [2.24, 2.45) is 0 Å². The van der Waals surface area contributed by atoms with E-state index < -0.39 is 10.0 Å². The lowest BCUT2D eigenvalue weighted by atomic mass is 9.87. The van der Waals surface area contributed by atoms with E-state index in [-0.39, 0.29) is 29.2 Å². The SMILES string of the molecule is CC(C)(C)c1ccc(S(=O)(=O)NCCC(=O)NCc2cccnc2)cc1. The zero-order chi connectivity index (χ0) is 19.2. The Bertz CT molecular complexity index is 827. The Labute approximate surface area is 155 Å². The molecule has 0 fully saturated rings. The maximum atomic E-state index is 12.3. The maximum Gasteiger partial charge on any atom is 0.240 e. The van der Waals surface area contributed by atoms with Crippen LogP contribution in [0.15, 0.2) is 53.7 Å². The van der Waals surface area contributed by atoms with Gasteiger partial charge in [0, 0.05) is 31.9 Å². The van der Waals surface area contributed by atoms with Crippen LogP contribution < -0.4 is 10.0 Å². The average molecular weight is 375 g/mol. The molecule has 0 atom stereocenters. The van der Waals surface area contributed by atoms with E-state index in [1.165, 1.54) is 0 Å². The van der Waals surface area contributed by atoms with Gasteiger partial charge in [0.15, 0.2) is 0 Å². The van der Waals surface area contributed by atoms with Crippen molar-refractivity contribution in [2.45, 2.75) is 44.0 Å². The Morgan fingerprint density at radius 3 is 2.38 bits per heavy atom. The first-order valence-electron chi connectivity index (χ1n) is 8.44. The summed E-state index contributed by atoms with van der Waals surface area (Å²) in [6, 6.07) is 10.5. The molecule has 2 aromatic rings. The summed E-state index contributed by atoms with van der Waals surface area (Å²) in [5.74, 6) is -0.223. The van der Waals surface area contributed by atoms with E-state index >= 15 is 0 Å². The predicted molar refractivity (Wildman–Crippen MR) is 101 cm³/mol. The number of sulfonamides is 1. The molecular weight excluding hydrogens is 350 g/mol. The molecule has 6 nitrogen and oxygen atoms in total. The third-order valence-corrected chi connectivity index (χ3v) is 5.36. The van der Waals surface area contributed by atoms with E-state index in [4.69, 9.17) is 0 Å². The van der Waals surface area contributed by atoms with Gasteiger partial charge in [0.05, 0.1) is 4.90 Å². The summed E-state index contributed by atoms with van der Waals surface area (Å²) in [5.41, 5.74) is 1.91. The van der Waals surface area contributed by atoms with Gasteiger partial charge in [-0.3, -0.25) is 9.78 Å². The lowest BCUT2D eigenvalue weighted by molar-refractivity contribution is -0.121. The summed E-state index contributed by atoms with van der Waals surface area (Å²) >= 11 is 0. The van der Waals surface area contributed by atoms with E-state index in [0.29, 0.717) is 6.54 Å². The molecule has 2 N–H and O–H groups in total. The largest absolute Gasteiger partial charge is 0.352 e. The van der Waals surface area contributed by atoms with Crippen molar-refractivity contribution >= 4 is 15.9 Å². The molecule has 0 aliphatic carbocycles. The number of pyridine rings is 1. The minimum atomic E-state index is -3.63. The summed E-state index contributed by atoms with van der Waals surface area (Å²) in [6.45, 7) is 6.62. The number of aromatic nitrogens is 1. The topological polar surface area (TPSA) is 88.2 Å². The van der Waals surface area contributed by atoms with E-state index in [1.54, 1.807) is 30.6 Å². The van der Waals surface area contributed by atoms with Crippen LogP contribution in [0.4, 0.5) is 0 Å². The first-order valence-corrected chi connectivity index (χ1v) is 9.92. The first-order chi connectivity index (χ1) is 12.2. The highest BCUT2D eigenvalue weighted by atomic mass is 32.2. The molecule has 0 unspecified atom stereocenters. The van der Waals surface area contributed by atoms with Crippen molar-refractivity contribution in [3.8, 4) is 0 Å². The van der Waals surface area contributed by atoms with Gasteiger partial charge < -0.3 is 5.32 Å². The summed E-state index contributed by atoms with van der Waals surface area (Å²) in [5, 5.41) is 2.74. The highest BCUT2D eigenvalue weighted by molar-refractivity contribution is 7.89. The van der Waals surface area contributed by atoms with Crippen LogP contribution in [0.25, 0.3) is 0 Å². The molecule has 0 spiro atoms. The fraction of sp³-hybridized carbons (Fsp3) is 0.368. The minimum Gasteiger partial charge on any atom is -0.352 e. The van der Waals surface area contributed by atoms with Gasteiger partial charge in [-0.2, -0.15) is 0 Å². The molecule has 0 saturated heterocycles. The molecule has 0 aliphatic rings. The Morgan fingerprint density at radius 1 is 1.12 bits per heavy atom. The lowest BCUT2D eigenvalue weighted by Gasteiger charge is -2.19. The summed E-state index contributed by atoms with van der Waals surface area (Å²) in [6.07, 6.45) is 3.40. The molecule has 7 heteroatoms. The van der Waals surface area contributed by atoms with E-state index in [2.05, 4.69) is 35.8 Å². The zero-order valence-corrected chi connectivity index (χ0v) is 16.1. The quantitative estimate of drug-likeness (QED) is 0.778. The van der Waals surface area contributed by atoms with Crippen LogP contribution in [0.5, 0.6) is 0 Å². The van der Waals surface area contributed by atoms with Crippen LogP contribution in [0.3, 0.4) is 0 Å². The molecule has 2 rings (SSSR count). The zero-order valence-electron chi connectivity index (χ0n) is 15.3. The van der Waals surface area contributed by atoms with Crippen molar-refractivity contribution < 1.29 is 13.2 Å². The fourth-order valence-corrected chi connectivity index (χ4v) is 3.34. The number of amides is 1. The number of hydrogen-bond acceptors (Lipinski definition) is 4. The van der Waals surface area contributed by atoms with E-state index in [0.717, 1.165) is 11.1 Å². The normalized spacial score (nSPS) is 12.0. The van der Waals surface area contributed by atoms with Crippen LogP contribution in [-0.2, 0) is 26.8 Å². The highest BCUT2D eigenvalue weighted by Gasteiger charge is 2.17. The van der Waals surface area contributed by atoms with Gasteiger partial charge in [-0.25, -0.2) is 13.1 Å². The molecule has 1 heterocycles. The number of carbonyl (C=O) groups excluding carboxylic acids is 1. The highest BCUT2D eigenvalue weighted by Crippen LogP contribution is 2.23. The molecule has 1 aromatic carbocycles. The number of carbonyl (C=O) groups is 1. The Balaban J connectivity index is 1.83. The second-order valence-electron chi connectivity index (χ2n) is 7.06. The third-order valence-electron chi connectivity index (χ3n) is 3.89.